The normalized spacial score (nSPS) is 10.6. The number of ether oxygens (including phenoxy) is 1. The van der Waals surface area contributed by atoms with Crippen molar-refractivity contribution in [2.45, 2.75) is 6.42 Å². The van der Waals surface area contributed by atoms with Gasteiger partial charge in [-0.2, -0.15) is 5.10 Å². The van der Waals surface area contributed by atoms with Gasteiger partial charge in [-0.15, -0.1) is 0 Å². The number of carbonyl (C=O) groups is 2. The molecule has 9 heteroatoms. The van der Waals surface area contributed by atoms with Gasteiger partial charge in [-0.1, -0.05) is 39.1 Å². The van der Waals surface area contributed by atoms with Crippen molar-refractivity contribution in [1.82, 2.24) is 5.43 Å². The molecule has 0 aliphatic heterocycles. The molecule has 0 aromatic heterocycles. The van der Waals surface area contributed by atoms with Crippen molar-refractivity contribution in [1.29, 1.82) is 0 Å². The predicted molar refractivity (Wildman–Crippen MR) is 106 cm³/mol. The highest BCUT2D eigenvalue weighted by molar-refractivity contribution is 9.10. The maximum absolute atomic E-state index is 11.9. The zero-order valence-corrected chi connectivity index (χ0v) is 16.7. The van der Waals surface area contributed by atoms with Gasteiger partial charge >= 0.3 is 0 Å². The Labute approximate surface area is 168 Å². The first kappa shape index (κ1) is 20.2. The zero-order chi connectivity index (χ0) is 19.1. The van der Waals surface area contributed by atoms with Crippen molar-refractivity contribution >= 4 is 62.8 Å². The van der Waals surface area contributed by atoms with Crippen LogP contribution in [0.15, 0.2) is 46.0 Å². The summed E-state index contributed by atoms with van der Waals surface area (Å²) in [7, 11) is 1.53. The SMILES string of the molecule is COc1ccc(Br)cc1/C=N/NC(=O)CC(=O)Nc1ccc(Cl)c(Cl)c1. The Kier molecular flexibility index (Phi) is 7.44. The van der Waals surface area contributed by atoms with Crippen LogP contribution in [-0.4, -0.2) is 25.1 Å². The molecule has 0 fully saturated rings. The van der Waals surface area contributed by atoms with E-state index in [4.69, 9.17) is 27.9 Å². The number of methoxy groups -OCH3 is 1. The Morgan fingerprint density at radius 1 is 1.15 bits per heavy atom. The van der Waals surface area contributed by atoms with Crippen molar-refractivity contribution in [2.75, 3.05) is 12.4 Å². The van der Waals surface area contributed by atoms with Gasteiger partial charge in [0.25, 0.3) is 0 Å². The third kappa shape index (κ3) is 6.01. The molecule has 2 aromatic carbocycles. The number of nitrogens with one attached hydrogen (secondary N) is 2. The topological polar surface area (TPSA) is 79.8 Å². The lowest BCUT2D eigenvalue weighted by atomic mass is 10.2. The van der Waals surface area contributed by atoms with Crippen molar-refractivity contribution in [3.05, 3.63) is 56.5 Å². The van der Waals surface area contributed by atoms with Crippen LogP contribution in [0.3, 0.4) is 0 Å². The lowest BCUT2D eigenvalue weighted by molar-refractivity contribution is -0.126. The highest BCUT2D eigenvalue weighted by Crippen LogP contribution is 2.25. The summed E-state index contributed by atoms with van der Waals surface area (Å²) in [6.45, 7) is 0. The first-order chi connectivity index (χ1) is 12.4. The van der Waals surface area contributed by atoms with E-state index in [1.54, 1.807) is 24.3 Å². The highest BCUT2D eigenvalue weighted by Gasteiger charge is 2.10. The minimum Gasteiger partial charge on any atom is -0.496 e. The van der Waals surface area contributed by atoms with Crippen LogP contribution in [0.1, 0.15) is 12.0 Å². The molecule has 136 valence electrons. The van der Waals surface area contributed by atoms with Gasteiger partial charge in [0.2, 0.25) is 11.8 Å². The summed E-state index contributed by atoms with van der Waals surface area (Å²) in [6.07, 6.45) is 1.03. The molecule has 2 N–H and O–H groups in total. The monoisotopic (exact) mass is 457 g/mol. The Balaban J connectivity index is 1.89. The number of hydrogen-bond acceptors (Lipinski definition) is 4. The molecule has 0 atom stereocenters. The first-order valence-electron chi connectivity index (χ1n) is 7.29. The van der Waals surface area contributed by atoms with E-state index in [0.717, 1.165) is 4.47 Å². The molecular weight excluding hydrogens is 445 g/mol. The third-order valence-corrected chi connectivity index (χ3v) is 4.34. The predicted octanol–water partition coefficient (Wildman–Crippen LogP) is 4.24. The molecule has 2 rings (SSSR count). The second-order valence-corrected chi connectivity index (χ2v) is 6.76. The summed E-state index contributed by atoms with van der Waals surface area (Å²) >= 11 is 15.0. The maximum Gasteiger partial charge on any atom is 0.249 e. The largest absolute Gasteiger partial charge is 0.496 e. The number of carbonyl (C=O) groups excluding carboxylic acids is 2. The molecule has 0 bridgehead atoms. The third-order valence-electron chi connectivity index (χ3n) is 3.11. The van der Waals surface area contributed by atoms with Gasteiger partial charge in [-0.3, -0.25) is 9.59 Å². The number of hydrogen-bond donors (Lipinski definition) is 2. The van der Waals surface area contributed by atoms with Gasteiger partial charge < -0.3 is 10.1 Å². The van der Waals surface area contributed by atoms with Crippen LogP contribution in [-0.2, 0) is 9.59 Å². The summed E-state index contributed by atoms with van der Waals surface area (Å²) in [6, 6.07) is 10.00. The Bertz CT molecular complexity index is 859. The first-order valence-corrected chi connectivity index (χ1v) is 8.84. The number of rotatable bonds is 6. The summed E-state index contributed by atoms with van der Waals surface area (Å²) in [5, 5.41) is 7.07. The average molecular weight is 459 g/mol. The Hall–Kier alpha value is -2.09. The fourth-order valence-corrected chi connectivity index (χ4v) is 2.62. The molecule has 6 nitrogen and oxygen atoms in total. The minimum atomic E-state index is -0.562. The number of halogens is 3. The van der Waals surface area contributed by atoms with Crippen molar-refractivity contribution in [3.63, 3.8) is 0 Å². The Morgan fingerprint density at radius 2 is 1.92 bits per heavy atom. The number of hydrazone groups is 1. The number of amides is 2. The fourth-order valence-electron chi connectivity index (χ4n) is 1.94. The van der Waals surface area contributed by atoms with Crippen LogP contribution in [0.2, 0.25) is 10.0 Å². The molecule has 0 unspecified atom stereocenters. The van der Waals surface area contributed by atoms with Crippen molar-refractivity contribution in [2.24, 2.45) is 5.10 Å². The summed E-state index contributed by atoms with van der Waals surface area (Å²) in [4.78, 5) is 23.7. The minimum absolute atomic E-state index is 0.307. The van der Waals surface area contributed by atoms with E-state index in [-0.39, 0.29) is 0 Å². The molecule has 0 aliphatic carbocycles. The molecule has 0 aliphatic rings. The van der Waals surface area contributed by atoms with E-state index in [2.05, 4.69) is 31.8 Å². The molecule has 0 heterocycles. The van der Waals surface area contributed by atoms with Crippen LogP contribution in [0.25, 0.3) is 0 Å². The van der Waals surface area contributed by atoms with Gasteiger partial charge in [0.05, 0.1) is 23.4 Å². The van der Waals surface area contributed by atoms with Crippen LogP contribution >= 0.6 is 39.1 Å². The van der Waals surface area contributed by atoms with E-state index in [1.807, 2.05) is 6.07 Å². The van der Waals surface area contributed by atoms with Crippen LogP contribution in [0.4, 0.5) is 5.69 Å². The number of anilines is 1. The van der Waals surface area contributed by atoms with Gasteiger partial charge in [-0.25, -0.2) is 5.43 Å². The van der Waals surface area contributed by atoms with E-state index < -0.39 is 18.2 Å². The smallest absolute Gasteiger partial charge is 0.249 e. The second kappa shape index (κ2) is 9.56. The molecule has 0 saturated heterocycles. The van der Waals surface area contributed by atoms with Crippen molar-refractivity contribution < 1.29 is 14.3 Å². The Morgan fingerprint density at radius 3 is 2.62 bits per heavy atom. The maximum atomic E-state index is 11.9. The molecule has 2 aromatic rings. The van der Waals surface area contributed by atoms with Crippen LogP contribution < -0.4 is 15.5 Å². The molecule has 0 radical (unpaired) electrons. The summed E-state index contributed by atoms with van der Waals surface area (Å²) in [5.41, 5.74) is 3.40. The molecule has 26 heavy (non-hydrogen) atoms. The van der Waals surface area contributed by atoms with Crippen LogP contribution in [0.5, 0.6) is 5.75 Å². The zero-order valence-electron chi connectivity index (χ0n) is 13.6. The number of nitrogens with zero attached hydrogens (tertiary/aromatic N) is 1. The van der Waals surface area contributed by atoms with Gasteiger partial charge in [0.1, 0.15) is 12.2 Å². The molecule has 2 amide bonds. The van der Waals surface area contributed by atoms with Gasteiger partial charge in [0, 0.05) is 15.7 Å². The van der Waals surface area contributed by atoms with E-state index >= 15 is 0 Å². The average Bonchev–Trinajstić information content (AvgIpc) is 2.58. The van der Waals surface area contributed by atoms with E-state index in [9.17, 15) is 9.59 Å². The van der Waals surface area contributed by atoms with E-state index in [0.29, 0.717) is 27.0 Å². The quantitative estimate of drug-likeness (QED) is 0.386. The number of benzene rings is 2. The molecule has 0 spiro atoms. The molecular formula is C17H14BrCl2N3O3. The van der Waals surface area contributed by atoms with Gasteiger partial charge in [-0.05, 0) is 36.4 Å². The van der Waals surface area contributed by atoms with Gasteiger partial charge in [0.15, 0.2) is 0 Å². The van der Waals surface area contributed by atoms with Crippen molar-refractivity contribution in [3.8, 4) is 5.75 Å². The standard InChI is InChI=1S/C17H14BrCl2N3O3/c1-26-15-5-2-11(18)6-10(15)9-21-23-17(25)8-16(24)22-12-3-4-13(19)14(20)7-12/h2-7,9H,8H2,1H3,(H,22,24)(H,23,25)/b21-9+. The van der Waals surface area contributed by atoms with E-state index in [1.165, 1.54) is 19.4 Å². The highest BCUT2D eigenvalue weighted by atomic mass is 79.9. The second-order valence-electron chi connectivity index (χ2n) is 5.03. The summed E-state index contributed by atoms with van der Waals surface area (Å²) in [5.74, 6) is -0.465. The lowest BCUT2D eigenvalue weighted by Crippen LogP contribution is -2.24. The molecule has 0 saturated carbocycles. The fraction of sp³-hybridized carbons (Fsp3) is 0.118. The van der Waals surface area contributed by atoms with Crippen LogP contribution in [0, 0.1) is 0 Å². The lowest BCUT2D eigenvalue weighted by Gasteiger charge is -2.06. The summed E-state index contributed by atoms with van der Waals surface area (Å²) < 4.78 is 6.04.